The molecule has 1 aromatic carbocycles. The average Bonchev–Trinajstić information content (AvgIpc) is 2.81. The maximum atomic E-state index is 12.3. The van der Waals surface area contributed by atoms with Gasteiger partial charge < -0.3 is 5.32 Å². The van der Waals surface area contributed by atoms with Crippen molar-refractivity contribution in [1.29, 1.82) is 0 Å². The van der Waals surface area contributed by atoms with Gasteiger partial charge in [0.1, 0.15) is 0 Å². The molecule has 114 valence electrons. The number of H-pyrrole nitrogens is 1. The van der Waals surface area contributed by atoms with E-state index in [1.54, 1.807) is 38.2 Å². The van der Waals surface area contributed by atoms with E-state index in [1.165, 1.54) is 0 Å². The summed E-state index contributed by atoms with van der Waals surface area (Å²) in [6, 6.07) is 6.98. The summed E-state index contributed by atoms with van der Waals surface area (Å²) in [6.45, 7) is 2.40. The Morgan fingerprint density at radius 3 is 2.52 bits per heavy atom. The highest BCUT2D eigenvalue weighted by Gasteiger charge is 2.23. The number of aryl methyl sites for hydroxylation is 1. The second-order valence-corrected chi connectivity index (χ2v) is 6.73. The molecule has 1 heterocycles. The van der Waals surface area contributed by atoms with E-state index in [0.29, 0.717) is 17.1 Å². The molecule has 2 rings (SSSR count). The quantitative estimate of drug-likeness (QED) is 0.751. The molecule has 0 spiro atoms. The topological polar surface area (TPSA) is 86.9 Å². The number of sulfonamides is 1. The van der Waals surface area contributed by atoms with Gasteiger partial charge in [0.25, 0.3) is 10.0 Å². The van der Waals surface area contributed by atoms with Crippen molar-refractivity contribution in [2.75, 3.05) is 7.05 Å². The third-order valence-electron chi connectivity index (χ3n) is 3.02. The largest absolute Gasteiger partial charge is 0.316 e. The number of nitrogens with one attached hydrogen (secondary N) is 3. The molecule has 0 aliphatic heterocycles. The molecule has 0 saturated heterocycles. The Morgan fingerprint density at radius 2 is 1.90 bits per heavy atom. The molecular weight excluding hydrogens is 312 g/mol. The van der Waals surface area contributed by atoms with Crippen LogP contribution in [0.15, 0.2) is 29.3 Å². The molecule has 0 bridgehead atoms. The van der Waals surface area contributed by atoms with Crippen molar-refractivity contribution in [2.24, 2.45) is 0 Å². The normalized spacial score (nSPS) is 11.8. The molecule has 0 radical (unpaired) electrons. The van der Waals surface area contributed by atoms with Gasteiger partial charge in [-0.1, -0.05) is 23.7 Å². The molecule has 0 atom stereocenters. The van der Waals surface area contributed by atoms with E-state index < -0.39 is 10.0 Å². The van der Waals surface area contributed by atoms with Gasteiger partial charge in [0, 0.05) is 29.4 Å². The number of nitrogens with zero attached hydrogens (tertiary/aromatic N) is 1. The first-order valence-corrected chi connectivity index (χ1v) is 8.22. The van der Waals surface area contributed by atoms with Gasteiger partial charge in [-0.15, -0.1) is 0 Å². The smallest absolute Gasteiger partial charge is 0.260 e. The number of rotatable bonds is 6. The summed E-state index contributed by atoms with van der Waals surface area (Å²) in [6.07, 6.45) is 0. The van der Waals surface area contributed by atoms with Crippen LogP contribution in [0.2, 0.25) is 5.02 Å². The van der Waals surface area contributed by atoms with E-state index in [9.17, 15) is 8.42 Å². The number of benzene rings is 1. The summed E-state index contributed by atoms with van der Waals surface area (Å²) in [7, 11) is -1.91. The molecule has 0 aliphatic carbocycles. The van der Waals surface area contributed by atoms with E-state index in [2.05, 4.69) is 20.2 Å². The van der Waals surface area contributed by atoms with E-state index >= 15 is 0 Å². The Hall–Kier alpha value is -1.41. The number of hydrogen-bond donors (Lipinski definition) is 3. The molecule has 0 saturated carbocycles. The van der Waals surface area contributed by atoms with Gasteiger partial charge in [0.15, 0.2) is 5.03 Å². The van der Waals surface area contributed by atoms with Crippen LogP contribution in [-0.4, -0.2) is 25.7 Å². The Bertz CT molecular complexity index is 710. The first-order chi connectivity index (χ1) is 9.94. The fourth-order valence-corrected chi connectivity index (χ4v) is 3.22. The van der Waals surface area contributed by atoms with E-state index in [0.717, 1.165) is 11.3 Å². The summed E-state index contributed by atoms with van der Waals surface area (Å²) in [5.74, 6) is 0. The molecule has 2 aromatic rings. The Balaban J connectivity index is 2.17. The summed E-state index contributed by atoms with van der Waals surface area (Å²) >= 11 is 5.80. The molecule has 3 N–H and O–H groups in total. The van der Waals surface area contributed by atoms with Gasteiger partial charge in [-0.25, -0.2) is 13.1 Å². The van der Waals surface area contributed by atoms with Crippen molar-refractivity contribution in [1.82, 2.24) is 20.2 Å². The Kier molecular flexibility index (Phi) is 5.00. The van der Waals surface area contributed by atoms with Crippen molar-refractivity contribution >= 4 is 21.6 Å². The molecule has 0 unspecified atom stereocenters. The summed E-state index contributed by atoms with van der Waals surface area (Å²) in [5, 5.41) is 10.2. The predicted octanol–water partition coefficient (Wildman–Crippen LogP) is 1.57. The van der Waals surface area contributed by atoms with Crippen LogP contribution in [0.25, 0.3) is 0 Å². The lowest BCUT2D eigenvalue weighted by Crippen LogP contribution is -2.25. The van der Waals surface area contributed by atoms with Crippen molar-refractivity contribution in [2.45, 2.75) is 25.0 Å². The van der Waals surface area contributed by atoms with Crippen molar-refractivity contribution in [3.8, 4) is 0 Å². The fourth-order valence-electron chi connectivity index (χ4n) is 1.89. The van der Waals surface area contributed by atoms with Gasteiger partial charge in [0.05, 0.1) is 0 Å². The minimum absolute atomic E-state index is 0.0308. The van der Waals surface area contributed by atoms with E-state index in [4.69, 9.17) is 11.6 Å². The minimum atomic E-state index is -3.67. The van der Waals surface area contributed by atoms with Gasteiger partial charge in [0.2, 0.25) is 0 Å². The number of hydrogen-bond acceptors (Lipinski definition) is 4. The van der Waals surface area contributed by atoms with Crippen molar-refractivity contribution in [3.05, 3.63) is 46.1 Å². The second-order valence-electron chi connectivity index (χ2n) is 4.61. The molecule has 0 fully saturated rings. The van der Waals surface area contributed by atoms with Crippen LogP contribution in [0.5, 0.6) is 0 Å². The van der Waals surface area contributed by atoms with Crippen LogP contribution < -0.4 is 10.0 Å². The van der Waals surface area contributed by atoms with Gasteiger partial charge in [-0.05, 0) is 31.7 Å². The summed E-state index contributed by atoms with van der Waals surface area (Å²) < 4.78 is 27.2. The molecule has 8 heteroatoms. The van der Waals surface area contributed by atoms with Crippen LogP contribution in [0.1, 0.15) is 16.8 Å². The van der Waals surface area contributed by atoms with Gasteiger partial charge >= 0.3 is 0 Å². The monoisotopic (exact) mass is 328 g/mol. The highest BCUT2D eigenvalue weighted by Crippen LogP contribution is 2.16. The zero-order valence-electron chi connectivity index (χ0n) is 11.8. The molecule has 1 aromatic heterocycles. The first kappa shape index (κ1) is 16.0. The fraction of sp³-hybridized carbons (Fsp3) is 0.308. The van der Waals surface area contributed by atoms with Crippen LogP contribution in [-0.2, 0) is 23.1 Å². The predicted molar refractivity (Wildman–Crippen MR) is 81.6 cm³/mol. The lowest BCUT2D eigenvalue weighted by atomic mass is 10.2. The maximum absolute atomic E-state index is 12.3. The van der Waals surface area contributed by atoms with Crippen LogP contribution >= 0.6 is 11.6 Å². The second kappa shape index (κ2) is 6.57. The zero-order valence-corrected chi connectivity index (χ0v) is 13.3. The highest BCUT2D eigenvalue weighted by molar-refractivity contribution is 7.89. The van der Waals surface area contributed by atoms with E-state index in [1.807, 2.05) is 0 Å². The van der Waals surface area contributed by atoms with Crippen LogP contribution in [0.3, 0.4) is 0 Å². The van der Waals surface area contributed by atoms with Crippen molar-refractivity contribution in [3.63, 3.8) is 0 Å². The van der Waals surface area contributed by atoms with Gasteiger partial charge in [-0.3, -0.25) is 5.10 Å². The van der Waals surface area contributed by atoms with Gasteiger partial charge in [-0.2, -0.15) is 5.10 Å². The molecule has 0 aliphatic rings. The number of aromatic nitrogens is 2. The third kappa shape index (κ3) is 3.82. The lowest BCUT2D eigenvalue weighted by molar-refractivity contribution is 0.575. The SMILES string of the molecule is CNCc1c(S(=O)(=O)NCc2ccc(Cl)cc2)n[nH]c1C. The molecule has 6 nitrogen and oxygen atoms in total. The van der Waals surface area contributed by atoms with Crippen LogP contribution in [0.4, 0.5) is 0 Å². The molecule has 21 heavy (non-hydrogen) atoms. The highest BCUT2D eigenvalue weighted by atomic mass is 35.5. The van der Waals surface area contributed by atoms with E-state index in [-0.39, 0.29) is 11.6 Å². The average molecular weight is 329 g/mol. The molecular formula is C13H17ClN4O2S. The zero-order chi connectivity index (χ0) is 15.5. The van der Waals surface area contributed by atoms with Crippen molar-refractivity contribution < 1.29 is 8.42 Å². The molecule has 0 amide bonds. The first-order valence-electron chi connectivity index (χ1n) is 6.36. The Labute approximate surface area is 129 Å². The number of aromatic amines is 1. The third-order valence-corrected chi connectivity index (χ3v) is 4.65. The number of halogens is 1. The summed E-state index contributed by atoms with van der Waals surface area (Å²) in [5.41, 5.74) is 2.20. The maximum Gasteiger partial charge on any atom is 0.260 e. The van der Waals surface area contributed by atoms with Crippen LogP contribution in [0, 0.1) is 6.92 Å². The lowest BCUT2D eigenvalue weighted by Gasteiger charge is -2.07. The standard InChI is InChI=1S/C13H17ClN4O2S/c1-9-12(8-15-2)13(18-17-9)21(19,20)16-7-10-3-5-11(14)6-4-10/h3-6,15-16H,7-8H2,1-2H3,(H,17,18). The summed E-state index contributed by atoms with van der Waals surface area (Å²) in [4.78, 5) is 0. The Morgan fingerprint density at radius 1 is 1.24 bits per heavy atom. The minimum Gasteiger partial charge on any atom is -0.316 e.